The molecule has 0 N–H and O–H groups in total. The van der Waals surface area contributed by atoms with E-state index in [-0.39, 0.29) is 5.91 Å². The summed E-state index contributed by atoms with van der Waals surface area (Å²) < 4.78 is 5.14. The topological polar surface area (TPSA) is 67.7 Å². The lowest BCUT2D eigenvalue weighted by atomic mass is 10.2. The van der Waals surface area contributed by atoms with Crippen LogP contribution in [-0.2, 0) is 11.2 Å². The first-order chi connectivity index (χ1) is 11.6. The molecule has 0 saturated heterocycles. The highest BCUT2D eigenvalue weighted by Gasteiger charge is 2.31. The van der Waals surface area contributed by atoms with Gasteiger partial charge in [0.2, 0.25) is 5.13 Å². The van der Waals surface area contributed by atoms with Gasteiger partial charge in [-0.2, -0.15) is 0 Å². The smallest absolute Gasteiger partial charge is 0.284 e. The minimum Gasteiger partial charge on any atom is -0.497 e. The van der Waals surface area contributed by atoms with E-state index < -0.39 is 0 Å². The van der Waals surface area contributed by atoms with E-state index in [9.17, 15) is 4.79 Å². The number of carbonyl (C=O) groups excluding carboxylic acids is 1. The van der Waals surface area contributed by atoms with Crippen molar-refractivity contribution in [2.24, 2.45) is 4.99 Å². The van der Waals surface area contributed by atoms with Crippen molar-refractivity contribution in [3.8, 4) is 5.75 Å². The second kappa shape index (κ2) is 6.92. The molecule has 1 aliphatic rings. The van der Waals surface area contributed by atoms with Crippen LogP contribution in [0.4, 0.5) is 5.13 Å². The van der Waals surface area contributed by atoms with Crippen LogP contribution in [0.25, 0.3) is 6.08 Å². The molecule has 1 amide bonds. The van der Waals surface area contributed by atoms with Gasteiger partial charge in [-0.05, 0) is 37.1 Å². The van der Waals surface area contributed by atoms with Crippen molar-refractivity contribution in [3.63, 3.8) is 0 Å². The molecule has 2 aromatic rings. The lowest BCUT2D eigenvalue weighted by Crippen LogP contribution is -2.30. The van der Waals surface area contributed by atoms with Crippen molar-refractivity contribution in [2.45, 2.75) is 26.7 Å². The minimum atomic E-state index is -0.178. The maximum Gasteiger partial charge on any atom is 0.284 e. The third-order valence-corrected chi connectivity index (χ3v) is 4.53. The van der Waals surface area contributed by atoms with Crippen LogP contribution in [0.5, 0.6) is 5.75 Å². The van der Waals surface area contributed by atoms with E-state index in [1.165, 1.54) is 16.2 Å². The first-order valence-corrected chi connectivity index (χ1v) is 8.52. The Morgan fingerprint density at radius 3 is 2.67 bits per heavy atom. The molecule has 0 spiro atoms. The van der Waals surface area contributed by atoms with Crippen molar-refractivity contribution in [3.05, 3.63) is 40.5 Å². The molecule has 0 fully saturated rings. The van der Waals surface area contributed by atoms with E-state index >= 15 is 0 Å². The summed E-state index contributed by atoms with van der Waals surface area (Å²) in [6.45, 7) is 3.89. The van der Waals surface area contributed by atoms with Crippen LogP contribution >= 0.6 is 11.3 Å². The van der Waals surface area contributed by atoms with Crippen molar-refractivity contribution in [2.75, 3.05) is 12.0 Å². The fraction of sp³-hybridized carbons (Fsp3) is 0.294. The number of rotatable bonds is 5. The van der Waals surface area contributed by atoms with Crippen LogP contribution in [0, 0.1) is 0 Å². The molecule has 0 unspecified atom stereocenters. The number of aromatic nitrogens is 2. The Labute approximate surface area is 144 Å². The summed E-state index contributed by atoms with van der Waals surface area (Å²) >= 11 is 1.43. The van der Waals surface area contributed by atoms with Crippen LogP contribution in [0.2, 0.25) is 0 Å². The van der Waals surface area contributed by atoms with Crippen molar-refractivity contribution in [1.29, 1.82) is 0 Å². The monoisotopic (exact) mass is 342 g/mol. The molecule has 1 aromatic heterocycles. The molecule has 0 aliphatic carbocycles. The summed E-state index contributed by atoms with van der Waals surface area (Å²) in [7, 11) is 1.62. The third-order valence-electron chi connectivity index (χ3n) is 3.56. The SMILES string of the molecule is CCCc1nnc(N2C(=O)/C(=C/c3ccc(OC)cc3)N=C2C)s1. The Hall–Kier alpha value is -2.54. The molecule has 6 nitrogen and oxygen atoms in total. The Balaban J connectivity index is 1.84. The van der Waals surface area contributed by atoms with E-state index in [0.29, 0.717) is 16.7 Å². The van der Waals surface area contributed by atoms with E-state index in [2.05, 4.69) is 22.1 Å². The summed E-state index contributed by atoms with van der Waals surface area (Å²) in [6, 6.07) is 7.47. The summed E-state index contributed by atoms with van der Waals surface area (Å²) in [4.78, 5) is 18.6. The normalized spacial score (nSPS) is 16.0. The van der Waals surface area contributed by atoms with E-state index in [0.717, 1.165) is 29.2 Å². The van der Waals surface area contributed by atoms with Gasteiger partial charge in [0.1, 0.15) is 22.3 Å². The molecule has 3 rings (SSSR count). The Bertz CT molecular complexity index is 808. The second-order valence-corrected chi connectivity index (χ2v) is 6.37. The predicted octanol–water partition coefficient (Wildman–Crippen LogP) is 3.31. The molecular formula is C17H18N4O2S. The molecule has 0 bridgehead atoms. The minimum absolute atomic E-state index is 0.178. The maximum atomic E-state index is 12.7. The average molecular weight is 342 g/mol. The van der Waals surface area contributed by atoms with Gasteiger partial charge in [0.05, 0.1) is 7.11 Å². The highest BCUT2D eigenvalue weighted by molar-refractivity contribution is 7.15. The highest BCUT2D eigenvalue weighted by Crippen LogP contribution is 2.28. The van der Waals surface area contributed by atoms with Crippen LogP contribution in [0.1, 0.15) is 30.8 Å². The van der Waals surface area contributed by atoms with Crippen molar-refractivity contribution >= 4 is 34.3 Å². The zero-order chi connectivity index (χ0) is 17.1. The first-order valence-electron chi connectivity index (χ1n) is 7.70. The number of nitrogens with zero attached hydrogens (tertiary/aromatic N) is 4. The molecule has 1 aromatic carbocycles. The lowest BCUT2D eigenvalue weighted by molar-refractivity contribution is -0.113. The average Bonchev–Trinajstić information content (AvgIpc) is 3.13. The largest absolute Gasteiger partial charge is 0.497 e. The van der Waals surface area contributed by atoms with E-state index in [1.807, 2.05) is 24.3 Å². The Kier molecular flexibility index (Phi) is 4.71. The zero-order valence-corrected chi connectivity index (χ0v) is 14.6. The van der Waals surface area contributed by atoms with Gasteiger partial charge in [0.15, 0.2) is 0 Å². The lowest BCUT2D eigenvalue weighted by Gasteiger charge is -2.10. The van der Waals surface area contributed by atoms with Crippen molar-refractivity contribution < 1.29 is 9.53 Å². The number of benzene rings is 1. The highest BCUT2D eigenvalue weighted by atomic mass is 32.1. The molecule has 2 heterocycles. The third kappa shape index (κ3) is 3.21. The van der Waals surface area contributed by atoms with Gasteiger partial charge in [-0.15, -0.1) is 10.2 Å². The fourth-order valence-corrected chi connectivity index (χ4v) is 3.35. The van der Waals surface area contributed by atoms with Gasteiger partial charge in [-0.3, -0.25) is 4.79 Å². The number of hydrogen-bond donors (Lipinski definition) is 0. The number of ether oxygens (including phenoxy) is 1. The Morgan fingerprint density at radius 1 is 1.25 bits per heavy atom. The number of aliphatic imine (C=N–C) groups is 1. The predicted molar refractivity (Wildman–Crippen MR) is 95.5 cm³/mol. The summed E-state index contributed by atoms with van der Waals surface area (Å²) in [5.41, 5.74) is 1.28. The molecule has 24 heavy (non-hydrogen) atoms. The molecular weight excluding hydrogens is 324 g/mol. The fourth-order valence-electron chi connectivity index (χ4n) is 2.36. The van der Waals surface area contributed by atoms with Gasteiger partial charge in [-0.25, -0.2) is 9.89 Å². The summed E-state index contributed by atoms with van der Waals surface area (Å²) in [6.07, 6.45) is 3.63. The summed E-state index contributed by atoms with van der Waals surface area (Å²) in [5, 5.41) is 9.77. The Morgan fingerprint density at radius 2 is 2.00 bits per heavy atom. The molecule has 1 aliphatic heterocycles. The van der Waals surface area contributed by atoms with Crippen LogP contribution in [0.15, 0.2) is 35.0 Å². The van der Waals surface area contributed by atoms with Crippen molar-refractivity contribution in [1.82, 2.24) is 10.2 Å². The number of aryl methyl sites for hydroxylation is 1. The molecule has 0 saturated carbocycles. The zero-order valence-electron chi connectivity index (χ0n) is 13.8. The van der Waals surface area contributed by atoms with Gasteiger partial charge in [0, 0.05) is 6.42 Å². The number of methoxy groups -OCH3 is 1. The first kappa shape index (κ1) is 16.3. The molecule has 0 atom stereocenters. The van der Waals surface area contributed by atoms with Gasteiger partial charge >= 0.3 is 0 Å². The standard InChI is InChI=1S/C17H18N4O2S/c1-4-5-15-19-20-17(24-15)21-11(2)18-14(16(21)22)10-12-6-8-13(23-3)9-7-12/h6-10H,4-5H2,1-3H3/b14-10-. The summed E-state index contributed by atoms with van der Waals surface area (Å²) in [5.74, 6) is 1.20. The van der Waals surface area contributed by atoms with Crippen LogP contribution in [0.3, 0.4) is 0 Å². The number of amidine groups is 1. The van der Waals surface area contributed by atoms with Crippen LogP contribution < -0.4 is 9.64 Å². The molecule has 0 radical (unpaired) electrons. The number of anilines is 1. The number of amides is 1. The second-order valence-electron chi connectivity index (χ2n) is 5.33. The van der Waals surface area contributed by atoms with E-state index in [1.54, 1.807) is 20.1 Å². The van der Waals surface area contributed by atoms with Gasteiger partial charge in [-0.1, -0.05) is 30.4 Å². The van der Waals surface area contributed by atoms with Gasteiger partial charge in [0.25, 0.3) is 5.91 Å². The quantitative estimate of drug-likeness (QED) is 0.782. The van der Waals surface area contributed by atoms with E-state index in [4.69, 9.17) is 4.74 Å². The number of carbonyl (C=O) groups is 1. The number of hydrogen-bond acceptors (Lipinski definition) is 6. The van der Waals surface area contributed by atoms with Crippen LogP contribution in [-0.4, -0.2) is 29.0 Å². The van der Waals surface area contributed by atoms with Gasteiger partial charge < -0.3 is 4.74 Å². The maximum absolute atomic E-state index is 12.7. The molecule has 7 heteroatoms. The molecule has 124 valence electrons.